The van der Waals surface area contributed by atoms with Crippen LogP contribution in [0.15, 0.2) is 42.7 Å². The summed E-state index contributed by atoms with van der Waals surface area (Å²) in [4.78, 5) is 11.1. The Morgan fingerprint density at radius 3 is 2.73 bits per heavy atom. The third-order valence-corrected chi connectivity index (χ3v) is 6.65. The summed E-state index contributed by atoms with van der Waals surface area (Å²) < 4.78 is 17.7. The van der Waals surface area contributed by atoms with Gasteiger partial charge in [-0.2, -0.15) is 0 Å². The number of aromatic nitrogens is 2. The normalized spacial score (nSPS) is 19.1. The molecular weight excluding hydrogens is 420 g/mol. The van der Waals surface area contributed by atoms with Crippen molar-refractivity contribution in [3.63, 3.8) is 0 Å². The fraction of sp³-hybridized carbons (Fsp3) is 0.440. The third kappa shape index (κ3) is 4.54. The van der Waals surface area contributed by atoms with Crippen molar-refractivity contribution in [2.75, 3.05) is 45.7 Å². The van der Waals surface area contributed by atoms with Crippen molar-refractivity contribution in [3.05, 3.63) is 42.7 Å². The SMILES string of the molecule is CNc1ccc(Oc2ccnc3cc(OCCCN4CC(O)C5(CC5)C4)c(OC)cc23)cn1. The number of hydrogen-bond donors (Lipinski definition) is 2. The van der Waals surface area contributed by atoms with Crippen LogP contribution in [0.25, 0.3) is 10.9 Å². The number of nitrogens with zero attached hydrogens (tertiary/aromatic N) is 3. The standard InChI is InChI=1S/C25H30N4O4/c1-26-24-5-4-17(14-28-24)33-20-6-9-27-19-13-22(21(31-2)12-18(19)20)32-11-3-10-29-15-23(30)25(16-29)7-8-25/h4-6,9,12-14,23,30H,3,7-8,10-11,15-16H2,1-2H3,(H,26,28). The second-order valence-corrected chi connectivity index (χ2v) is 8.88. The number of β-amino-alcohol motifs (C(OH)–C–C–N with tert-alkyl or cyclic N) is 1. The molecule has 1 unspecified atom stereocenters. The Bertz CT molecular complexity index is 1120. The zero-order valence-corrected chi connectivity index (χ0v) is 19.1. The second kappa shape index (κ2) is 9.03. The topological polar surface area (TPSA) is 89.0 Å². The van der Waals surface area contributed by atoms with E-state index in [1.807, 2.05) is 37.4 Å². The molecule has 33 heavy (non-hydrogen) atoms. The van der Waals surface area contributed by atoms with Gasteiger partial charge in [-0.15, -0.1) is 0 Å². The lowest BCUT2D eigenvalue weighted by Crippen LogP contribution is -2.24. The first-order valence-corrected chi connectivity index (χ1v) is 11.4. The average Bonchev–Trinajstić information content (AvgIpc) is 3.55. The van der Waals surface area contributed by atoms with Gasteiger partial charge in [0, 0.05) is 49.7 Å². The molecule has 2 aliphatic rings. The Morgan fingerprint density at radius 2 is 2.03 bits per heavy atom. The monoisotopic (exact) mass is 450 g/mol. The number of aliphatic hydroxyl groups is 1. The predicted molar refractivity (Wildman–Crippen MR) is 126 cm³/mol. The fourth-order valence-electron chi connectivity index (χ4n) is 4.55. The minimum absolute atomic E-state index is 0.168. The van der Waals surface area contributed by atoms with Crippen LogP contribution in [0.5, 0.6) is 23.0 Å². The number of fused-ring (bicyclic) bond motifs is 1. The highest BCUT2D eigenvalue weighted by Crippen LogP contribution is 2.52. The molecule has 1 atom stereocenters. The average molecular weight is 451 g/mol. The molecule has 8 nitrogen and oxygen atoms in total. The van der Waals surface area contributed by atoms with E-state index in [1.165, 1.54) is 0 Å². The van der Waals surface area contributed by atoms with Gasteiger partial charge in [-0.3, -0.25) is 9.88 Å². The number of ether oxygens (including phenoxy) is 3. The molecule has 0 radical (unpaired) electrons. The van der Waals surface area contributed by atoms with Crippen LogP contribution in [-0.2, 0) is 0 Å². The maximum atomic E-state index is 10.2. The number of pyridine rings is 2. The number of aliphatic hydroxyl groups excluding tert-OH is 1. The Morgan fingerprint density at radius 1 is 1.15 bits per heavy atom. The van der Waals surface area contributed by atoms with Gasteiger partial charge in [-0.25, -0.2) is 4.98 Å². The highest BCUT2D eigenvalue weighted by Gasteiger charge is 2.54. The molecule has 8 heteroatoms. The number of nitrogens with one attached hydrogen (secondary N) is 1. The van der Waals surface area contributed by atoms with Crippen molar-refractivity contribution in [1.82, 2.24) is 14.9 Å². The van der Waals surface area contributed by atoms with Crippen LogP contribution in [0, 0.1) is 5.41 Å². The molecule has 174 valence electrons. The van der Waals surface area contributed by atoms with Crippen molar-refractivity contribution in [1.29, 1.82) is 0 Å². The van der Waals surface area contributed by atoms with E-state index in [9.17, 15) is 5.11 Å². The number of likely N-dealkylation sites (tertiary alicyclic amines) is 1. The Labute approximate surface area is 193 Å². The first kappa shape index (κ1) is 21.7. The van der Waals surface area contributed by atoms with Crippen molar-refractivity contribution in [3.8, 4) is 23.0 Å². The van der Waals surface area contributed by atoms with E-state index < -0.39 is 0 Å². The number of rotatable bonds is 9. The molecule has 2 N–H and O–H groups in total. The zero-order valence-electron chi connectivity index (χ0n) is 19.1. The van der Waals surface area contributed by atoms with E-state index in [4.69, 9.17) is 14.2 Å². The molecule has 0 amide bonds. The van der Waals surface area contributed by atoms with Crippen molar-refractivity contribution in [2.24, 2.45) is 5.41 Å². The molecule has 2 aromatic heterocycles. The van der Waals surface area contributed by atoms with Crippen molar-refractivity contribution >= 4 is 16.7 Å². The number of methoxy groups -OCH3 is 1. The molecule has 5 rings (SSSR count). The molecule has 3 aromatic rings. The summed E-state index contributed by atoms with van der Waals surface area (Å²) in [5.41, 5.74) is 0.959. The lowest BCUT2D eigenvalue weighted by molar-refractivity contribution is 0.131. The summed E-state index contributed by atoms with van der Waals surface area (Å²) in [7, 11) is 3.46. The first-order chi connectivity index (χ1) is 16.1. The molecule has 1 aliphatic carbocycles. The minimum atomic E-state index is -0.168. The first-order valence-electron chi connectivity index (χ1n) is 11.4. The molecule has 1 saturated heterocycles. The van der Waals surface area contributed by atoms with E-state index in [2.05, 4.69) is 20.2 Å². The lowest BCUT2D eigenvalue weighted by Gasteiger charge is -2.17. The van der Waals surface area contributed by atoms with Crippen LogP contribution in [0.4, 0.5) is 5.82 Å². The highest BCUT2D eigenvalue weighted by atomic mass is 16.5. The molecule has 1 spiro atoms. The lowest BCUT2D eigenvalue weighted by atomic mass is 10.0. The van der Waals surface area contributed by atoms with Gasteiger partial charge in [0.2, 0.25) is 0 Å². The number of benzene rings is 1. The van der Waals surface area contributed by atoms with E-state index in [0.29, 0.717) is 29.6 Å². The van der Waals surface area contributed by atoms with Gasteiger partial charge < -0.3 is 24.6 Å². The highest BCUT2D eigenvalue weighted by molar-refractivity contribution is 5.88. The quantitative estimate of drug-likeness (QED) is 0.477. The van der Waals surface area contributed by atoms with Crippen molar-refractivity contribution < 1.29 is 19.3 Å². The maximum Gasteiger partial charge on any atom is 0.163 e. The fourth-order valence-corrected chi connectivity index (χ4v) is 4.55. The van der Waals surface area contributed by atoms with Crippen LogP contribution in [0.2, 0.25) is 0 Å². The van der Waals surface area contributed by atoms with Gasteiger partial charge >= 0.3 is 0 Å². The van der Waals surface area contributed by atoms with Gasteiger partial charge in [0.1, 0.15) is 17.3 Å². The second-order valence-electron chi connectivity index (χ2n) is 8.88. The van der Waals surface area contributed by atoms with E-state index in [-0.39, 0.29) is 11.5 Å². The molecule has 1 saturated carbocycles. The predicted octanol–water partition coefficient (Wildman–Crippen LogP) is 3.70. The Balaban J connectivity index is 1.25. The van der Waals surface area contributed by atoms with E-state index >= 15 is 0 Å². The van der Waals surface area contributed by atoms with Crippen LogP contribution in [0.1, 0.15) is 19.3 Å². The summed E-state index contributed by atoms with van der Waals surface area (Å²) in [6, 6.07) is 9.34. The van der Waals surface area contributed by atoms with Crippen LogP contribution < -0.4 is 19.5 Å². The van der Waals surface area contributed by atoms with Crippen LogP contribution in [0.3, 0.4) is 0 Å². The molecule has 1 aliphatic heterocycles. The number of anilines is 1. The number of hydrogen-bond acceptors (Lipinski definition) is 8. The molecular formula is C25H30N4O4. The van der Waals surface area contributed by atoms with Gasteiger partial charge in [-0.05, 0) is 43.5 Å². The van der Waals surface area contributed by atoms with Crippen LogP contribution in [-0.4, -0.2) is 66.5 Å². The Hall–Kier alpha value is -3.10. The molecule has 2 fully saturated rings. The maximum absolute atomic E-state index is 10.2. The van der Waals surface area contributed by atoms with Gasteiger partial charge in [0.15, 0.2) is 11.5 Å². The minimum Gasteiger partial charge on any atom is -0.493 e. The van der Waals surface area contributed by atoms with E-state index in [0.717, 1.165) is 55.6 Å². The Kier molecular flexibility index (Phi) is 5.95. The summed E-state index contributed by atoms with van der Waals surface area (Å²) in [6.45, 7) is 3.28. The molecule has 3 heterocycles. The largest absolute Gasteiger partial charge is 0.493 e. The zero-order chi connectivity index (χ0) is 22.8. The van der Waals surface area contributed by atoms with Gasteiger partial charge in [-0.1, -0.05) is 0 Å². The summed E-state index contributed by atoms with van der Waals surface area (Å²) in [6.07, 6.45) is 6.43. The molecule has 1 aromatic carbocycles. The van der Waals surface area contributed by atoms with Crippen LogP contribution >= 0.6 is 0 Å². The van der Waals surface area contributed by atoms with E-state index in [1.54, 1.807) is 19.5 Å². The van der Waals surface area contributed by atoms with Gasteiger partial charge in [0.25, 0.3) is 0 Å². The smallest absolute Gasteiger partial charge is 0.163 e. The summed E-state index contributed by atoms with van der Waals surface area (Å²) in [5.74, 6) is 3.39. The third-order valence-electron chi connectivity index (χ3n) is 6.65. The van der Waals surface area contributed by atoms with Crippen molar-refractivity contribution in [2.45, 2.75) is 25.4 Å². The summed E-state index contributed by atoms with van der Waals surface area (Å²) >= 11 is 0. The van der Waals surface area contributed by atoms with Gasteiger partial charge in [0.05, 0.1) is 31.5 Å². The molecule has 0 bridgehead atoms. The summed E-state index contributed by atoms with van der Waals surface area (Å²) in [5, 5.41) is 14.0.